The minimum Gasteiger partial charge on any atom is -0.497 e. The molecule has 0 bridgehead atoms. The van der Waals surface area contributed by atoms with Crippen LogP contribution < -0.4 is 4.74 Å². The highest BCUT2D eigenvalue weighted by Gasteiger charge is 2.43. The molecule has 1 aromatic carbocycles. The Bertz CT molecular complexity index is 723. The molecule has 0 saturated carbocycles. The standard InChI is InChI=1S/C18H20ClNO4/c1-18(22,12-5-7-13(23-2)8-6-12)15-4-3-10-20(15)17(21)14-9-11-24-16(14)19/h5-9,11,15,22H,3-4,10H2,1-2H3. The van der Waals surface area contributed by atoms with Gasteiger partial charge in [0.1, 0.15) is 11.4 Å². The summed E-state index contributed by atoms with van der Waals surface area (Å²) in [6.07, 6.45) is 2.95. The van der Waals surface area contributed by atoms with Crippen LogP contribution in [0.4, 0.5) is 0 Å². The van der Waals surface area contributed by atoms with Gasteiger partial charge in [0.25, 0.3) is 5.91 Å². The summed E-state index contributed by atoms with van der Waals surface area (Å²) >= 11 is 5.93. The molecule has 6 heteroatoms. The lowest BCUT2D eigenvalue weighted by molar-refractivity contribution is -0.0177. The number of carbonyl (C=O) groups excluding carboxylic acids is 1. The molecule has 3 rings (SSSR count). The summed E-state index contributed by atoms with van der Waals surface area (Å²) in [7, 11) is 1.60. The summed E-state index contributed by atoms with van der Waals surface area (Å²) in [4.78, 5) is 14.4. The van der Waals surface area contributed by atoms with Crippen molar-refractivity contribution < 1.29 is 19.1 Å². The Morgan fingerprint density at radius 2 is 2.08 bits per heavy atom. The topological polar surface area (TPSA) is 62.9 Å². The predicted octanol–water partition coefficient (Wildman–Crippen LogP) is 3.45. The quantitative estimate of drug-likeness (QED) is 0.918. The molecule has 0 spiro atoms. The molecule has 2 heterocycles. The third kappa shape index (κ3) is 2.89. The van der Waals surface area contributed by atoms with E-state index in [2.05, 4.69) is 0 Å². The Hall–Kier alpha value is -1.98. The maximum absolute atomic E-state index is 12.8. The number of halogens is 1. The summed E-state index contributed by atoms with van der Waals surface area (Å²) in [5.74, 6) is 0.504. The van der Waals surface area contributed by atoms with Gasteiger partial charge in [-0.25, -0.2) is 0 Å². The van der Waals surface area contributed by atoms with Crippen molar-refractivity contribution in [2.24, 2.45) is 0 Å². The van der Waals surface area contributed by atoms with E-state index in [1.54, 1.807) is 37.1 Å². The normalized spacial score (nSPS) is 20.0. The van der Waals surface area contributed by atoms with E-state index in [4.69, 9.17) is 20.8 Å². The first-order chi connectivity index (χ1) is 11.4. The van der Waals surface area contributed by atoms with E-state index in [0.717, 1.165) is 24.2 Å². The molecule has 2 atom stereocenters. The van der Waals surface area contributed by atoms with Crippen LogP contribution in [-0.4, -0.2) is 35.6 Å². The van der Waals surface area contributed by atoms with E-state index in [1.165, 1.54) is 6.26 Å². The fourth-order valence-electron chi connectivity index (χ4n) is 3.32. The molecule has 5 nitrogen and oxygen atoms in total. The van der Waals surface area contributed by atoms with Gasteiger partial charge in [-0.3, -0.25) is 4.79 Å². The molecule has 1 aromatic heterocycles. The Morgan fingerprint density at radius 1 is 1.38 bits per heavy atom. The molecule has 1 aliphatic rings. The molecule has 1 amide bonds. The van der Waals surface area contributed by atoms with Crippen molar-refractivity contribution in [2.45, 2.75) is 31.4 Å². The molecule has 0 aliphatic carbocycles. The SMILES string of the molecule is COc1ccc(C(C)(O)C2CCCN2C(=O)c2ccoc2Cl)cc1. The number of aliphatic hydroxyl groups is 1. The zero-order chi connectivity index (χ0) is 17.3. The van der Waals surface area contributed by atoms with Crippen molar-refractivity contribution in [1.29, 1.82) is 0 Å². The first-order valence-corrected chi connectivity index (χ1v) is 8.24. The Labute approximate surface area is 145 Å². The summed E-state index contributed by atoms with van der Waals surface area (Å²) < 4.78 is 10.2. The number of benzene rings is 1. The molecule has 2 unspecified atom stereocenters. The maximum Gasteiger partial charge on any atom is 0.259 e. The fraction of sp³-hybridized carbons (Fsp3) is 0.389. The maximum atomic E-state index is 12.8. The van der Waals surface area contributed by atoms with Crippen molar-refractivity contribution in [3.8, 4) is 5.75 Å². The number of carbonyl (C=O) groups is 1. The number of furan rings is 1. The molecular formula is C18H20ClNO4. The number of hydrogen-bond donors (Lipinski definition) is 1. The van der Waals surface area contributed by atoms with Crippen LogP contribution in [0.15, 0.2) is 41.0 Å². The number of methoxy groups -OCH3 is 1. The number of likely N-dealkylation sites (tertiary alicyclic amines) is 1. The second-order valence-corrected chi connectivity index (χ2v) is 6.48. The van der Waals surface area contributed by atoms with Crippen LogP contribution in [-0.2, 0) is 5.60 Å². The predicted molar refractivity (Wildman–Crippen MR) is 90.3 cm³/mol. The molecule has 1 aliphatic heterocycles. The van der Waals surface area contributed by atoms with E-state index in [-0.39, 0.29) is 17.2 Å². The van der Waals surface area contributed by atoms with Gasteiger partial charge < -0.3 is 19.2 Å². The van der Waals surface area contributed by atoms with Gasteiger partial charge in [-0.1, -0.05) is 12.1 Å². The van der Waals surface area contributed by atoms with Gasteiger partial charge in [0.05, 0.1) is 25.0 Å². The van der Waals surface area contributed by atoms with Crippen molar-refractivity contribution in [3.05, 3.63) is 52.9 Å². The first kappa shape index (κ1) is 16.9. The summed E-state index contributed by atoms with van der Waals surface area (Å²) in [5.41, 5.74) is -0.102. The number of hydrogen-bond acceptors (Lipinski definition) is 4. The zero-order valence-electron chi connectivity index (χ0n) is 13.7. The lowest BCUT2D eigenvalue weighted by atomic mass is 9.86. The van der Waals surface area contributed by atoms with Crippen LogP contribution in [0.25, 0.3) is 0 Å². The van der Waals surface area contributed by atoms with Crippen molar-refractivity contribution in [3.63, 3.8) is 0 Å². The van der Waals surface area contributed by atoms with Crippen LogP contribution in [0.3, 0.4) is 0 Å². The van der Waals surface area contributed by atoms with E-state index < -0.39 is 5.60 Å². The highest BCUT2D eigenvalue weighted by molar-refractivity contribution is 6.32. The minimum atomic E-state index is -1.17. The summed E-state index contributed by atoms with van der Waals surface area (Å²) in [6.45, 7) is 2.32. The van der Waals surface area contributed by atoms with E-state index >= 15 is 0 Å². The Kier molecular flexibility index (Phi) is 4.56. The molecule has 1 saturated heterocycles. The van der Waals surface area contributed by atoms with Crippen LogP contribution >= 0.6 is 11.6 Å². The van der Waals surface area contributed by atoms with Gasteiger partial charge in [0.15, 0.2) is 0 Å². The summed E-state index contributed by atoms with van der Waals surface area (Å²) in [5, 5.41) is 11.2. The third-order valence-electron chi connectivity index (χ3n) is 4.69. The highest BCUT2D eigenvalue weighted by atomic mass is 35.5. The Morgan fingerprint density at radius 3 is 2.67 bits per heavy atom. The van der Waals surface area contributed by atoms with Gasteiger partial charge in [-0.05, 0) is 55.1 Å². The first-order valence-electron chi connectivity index (χ1n) is 7.86. The lowest BCUT2D eigenvalue weighted by Gasteiger charge is -2.37. The lowest BCUT2D eigenvalue weighted by Crippen LogP contribution is -2.48. The molecule has 2 aromatic rings. The van der Waals surface area contributed by atoms with E-state index in [9.17, 15) is 9.90 Å². The van der Waals surface area contributed by atoms with Gasteiger partial charge in [0.2, 0.25) is 5.22 Å². The smallest absolute Gasteiger partial charge is 0.259 e. The highest BCUT2D eigenvalue weighted by Crippen LogP contribution is 2.36. The number of nitrogens with zero attached hydrogens (tertiary/aromatic N) is 1. The van der Waals surface area contributed by atoms with Crippen molar-refractivity contribution in [2.75, 3.05) is 13.7 Å². The fourth-order valence-corrected chi connectivity index (χ4v) is 3.51. The molecule has 128 valence electrons. The Balaban J connectivity index is 1.88. The molecule has 0 radical (unpaired) electrons. The van der Waals surface area contributed by atoms with Crippen molar-refractivity contribution >= 4 is 17.5 Å². The van der Waals surface area contributed by atoms with Crippen LogP contribution in [0.1, 0.15) is 35.7 Å². The molecule has 1 N–H and O–H groups in total. The average Bonchev–Trinajstić information content (AvgIpc) is 3.23. The average molecular weight is 350 g/mol. The van der Waals surface area contributed by atoms with E-state index in [0.29, 0.717) is 12.1 Å². The number of rotatable bonds is 4. The van der Waals surface area contributed by atoms with Gasteiger partial charge in [-0.15, -0.1) is 0 Å². The largest absolute Gasteiger partial charge is 0.497 e. The van der Waals surface area contributed by atoms with Crippen LogP contribution in [0.5, 0.6) is 5.75 Å². The molecule has 1 fully saturated rings. The molecule has 24 heavy (non-hydrogen) atoms. The third-order valence-corrected chi connectivity index (χ3v) is 4.98. The van der Waals surface area contributed by atoms with Crippen LogP contribution in [0.2, 0.25) is 5.22 Å². The zero-order valence-corrected chi connectivity index (χ0v) is 14.4. The van der Waals surface area contributed by atoms with Crippen LogP contribution in [0, 0.1) is 0 Å². The van der Waals surface area contributed by atoms with Gasteiger partial charge in [0, 0.05) is 6.54 Å². The molecular weight excluding hydrogens is 330 g/mol. The summed E-state index contributed by atoms with van der Waals surface area (Å²) in [6, 6.07) is 8.48. The number of amides is 1. The second kappa shape index (κ2) is 6.49. The van der Waals surface area contributed by atoms with Crippen molar-refractivity contribution in [1.82, 2.24) is 4.90 Å². The van der Waals surface area contributed by atoms with Gasteiger partial charge >= 0.3 is 0 Å². The monoisotopic (exact) mass is 349 g/mol. The number of ether oxygens (including phenoxy) is 1. The second-order valence-electron chi connectivity index (χ2n) is 6.14. The minimum absolute atomic E-state index is 0.0785. The van der Waals surface area contributed by atoms with Gasteiger partial charge in [-0.2, -0.15) is 0 Å². The van der Waals surface area contributed by atoms with E-state index in [1.807, 2.05) is 12.1 Å².